The number of benzene rings is 2. The van der Waals surface area contributed by atoms with E-state index in [0.717, 1.165) is 40.1 Å². The quantitative estimate of drug-likeness (QED) is 0.162. The van der Waals surface area contributed by atoms with E-state index in [-0.39, 0.29) is 16.6 Å². The van der Waals surface area contributed by atoms with Gasteiger partial charge in [0.2, 0.25) is 5.91 Å². The van der Waals surface area contributed by atoms with Gasteiger partial charge < -0.3 is 0 Å². The Bertz CT molecular complexity index is 1290. The predicted octanol–water partition coefficient (Wildman–Crippen LogP) is 3.47. The summed E-state index contributed by atoms with van der Waals surface area (Å²) in [6.45, 7) is 0. The molecule has 4 aromatic rings. The number of nitrogens with two attached hydrogens (primary N) is 1. The van der Waals surface area contributed by atoms with E-state index in [1.807, 2.05) is 41.1 Å². The molecule has 3 N–H and O–H groups in total. The molecule has 2 aromatic carbocycles. The van der Waals surface area contributed by atoms with Crippen molar-refractivity contribution in [2.24, 2.45) is 5.84 Å². The highest BCUT2D eigenvalue weighted by Gasteiger charge is 2.20. The number of nitrogens with zero attached hydrogens (tertiary/aromatic N) is 2. The van der Waals surface area contributed by atoms with Crippen molar-refractivity contribution in [3.05, 3.63) is 75.9 Å². The molecule has 0 saturated heterocycles. The van der Waals surface area contributed by atoms with Gasteiger partial charge in [-0.3, -0.25) is 19.6 Å². The predicted molar refractivity (Wildman–Crippen MR) is 114 cm³/mol. The first-order valence-corrected chi connectivity index (χ1v) is 10.5. The van der Waals surface area contributed by atoms with Crippen LogP contribution in [0.15, 0.2) is 63.9 Å². The molecule has 0 aliphatic rings. The van der Waals surface area contributed by atoms with Crippen molar-refractivity contribution >= 4 is 39.2 Å². The number of fused-ring (bicyclic) bond motifs is 1. The van der Waals surface area contributed by atoms with Crippen LogP contribution in [0.4, 0.5) is 8.78 Å². The van der Waals surface area contributed by atoms with Gasteiger partial charge in [-0.25, -0.2) is 19.6 Å². The lowest BCUT2D eigenvalue weighted by Crippen LogP contribution is -2.32. The number of nitrogens with one attached hydrogen (secondary N) is 1. The first-order chi connectivity index (χ1) is 14.5. The van der Waals surface area contributed by atoms with E-state index < -0.39 is 23.1 Å². The third-order valence-corrected chi connectivity index (χ3v) is 6.07. The molecule has 0 radical (unpaired) electrons. The fourth-order valence-electron chi connectivity index (χ4n) is 2.97. The molecule has 0 spiro atoms. The van der Waals surface area contributed by atoms with E-state index in [0.29, 0.717) is 15.8 Å². The van der Waals surface area contributed by atoms with Crippen LogP contribution >= 0.6 is 23.1 Å². The highest BCUT2D eigenvalue weighted by atomic mass is 32.2. The number of hydrogen-bond acceptors (Lipinski definition) is 6. The van der Waals surface area contributed by atoms with Gasteiger partial charge in [-0.05, 0) is 17.7 Å². The molecule has 0 bridgehead atoms. The number of carbonyl (C=O) groups excluding carboxylic acids is 1. The molecule has 30 heavy (non-hydrogen) atoms. The van der Waals surface area contributed by atoms with Crippen LogP contribution in [0.1, 0.15) is 0 Å². The van der Waals surface area contributed by atoms with E-state index in [4.69, 9.17) is 5.84 Å². The zero-order chi connectivity index (χ0) is 21.3. The molecule has 0 atom stereocenters. The Hall–Kier alpha value is -3.08. The number of halogens is 2. The summed E-state index contributed by atoms with van der Waals surface area (Å²) in [5.41, 5.74) is 2.99. The van der Waals surface area contributed by atoms with E-state index in [1.165, 1.54) is 11.3 Å². The van der Waals surface area contributed by atoms with Crippen LogP contribution in [-0.4, -0.2) is 21.2 Å². The van der Waals surface area contributed by atoms with Crippen molar-refractivity contribution in [1.29, 1.82) is 0 Å². The molecule has 0 fully saturated rings. The standard InChI is InChI=1S/C20H14F2N4O2S2/c21-12-6-13(22)8-14(7-12)26-19(28)17-15(11-4-2-1-3-5-11)9-29-18(17)24-20(26)30-10-16(27)25-23/h1-9H,10,23H2,(H,25,27). The largest absolute Gasteiger partial charge is 0.294 e. The summed E-state index contributed by atoms with van der Waals surface area (Å²) in [6.07, 6.45) is 0. The Labute approximate surface area is 177 Å². The Morgan fingerprint density at radius 2 is 1.87 bits per heavy atom. The minimum absolute atomic E-state index is 0.0206. The van der Waals surface area contributed by atoms with Gasteiger partial charge in [0.05, 0.1) is 16.8 Å². The van der Waals surface area contributed by atoms with E-state index in [9.17, 15) is 18.4 Å². The fraction of sp³-hybridized carbons (Fsp3) is 0.0500. The molecule has 10 heteroatoms. The first kappa shape index (κ1) is 20.2. The van der Waals surface area contributed by atoms with Gasteiger partial charge in [0, 0.05) is 17.0 Å². The highest BCUT2D eigenvalue weighted by molar-refractivity contribution is 7.99. The van der Waals surface area contributed by atoms with Crippen LogP contribution in [0.2, 0.25) is 0 Å². The van der Waals surface area contributed by atoms with Gasteiger partial charge in [-0.2, -0.15) is 0 Å². The summed E-state index contributed by atoms with van der Waals surface area (Å²) in [5.74, 6) is 2.84. The van der Waals surface area contributed by atoms with Crippen LogP contribution in [0.3, 0.4) is 0 Å². The third-order valence-electron chi connectivity index (χ3n) is 4.26. The lowest BCUT2D eigenvalue weighted by molar-refractivity contribution is -0.118. The molecule has 0 aliphatic carbocycles. The maximum absolute atomic E-state index is 13.9. The Balaban J connectivity index is 1.98. The normalized spacial score (nSPS) is 11.0. The summed E-state index contributed by atoms with van der Waals surface area (Å²) in [6, 6.07) is 12.1. The molecule has 4 rings (SSSR count). The summed E-state index contributed by atoms with van der Waals surface area (Å²) in [4.78, 5) is 30.0. The third kappa shape index (κ3) is 3.84. The second kappa shape index (κ2) is 8.34. The van der Waals surface area contributed by atoms with Crippen LogP contribution in [-0.2, 0) is 4.79 Å². The molecule has 0 aliphatic heterocycles. The summed E-state index contributed by atoms with van der Waals surface area (Å²) < 4.78 is 28.9. The van der Waals surface area contributed by atoms with Crippen LogP contribution in [0.5, 0.6) is 0 Å². The number of amides is 1. The van der Waals surface area contributed by atoms with Crippen molar-refractivity contribution in [3.63, 3.8) is 0 Å². The lowest BCUT2D eigenvalue weighted by Gasteiger charge is -2.13. The molecular weight excluding hydrogens is 430 g/mol. The number of thioether (sulfide) groups is 1. The summed E-state index contributed by atoms with van der Waals surface area (Å²) >= 11 is 2.22. The molecule has 2 heterocycles. The van der Waals surface area contributed by atoms with Crippen molar-refractivity contribution in [2.45, 2.75) is 5.16 Å². The Morgan fingerprint density at radius 1 is 1.17 bits per heavy atom. The highest BCUT2D eigenvalue weighted by Crippen LogP contribution is 2.33. The molecule has 152 valence electrons. The van der Waals surface area contributed by atoms with E-state index >= 15 is 0 Å². The van der Waals surface area contributed by atoms with Gasteiger partial charge in [0.15, 0.2) is 5.16 Å². The van der Waals surface area contributed by atoms with Crippen molar-refractivity contribution in [2.75, 3.05) is 5.75 Å². The fourth-order valence-corrected chi connectivity index (χ4v) is 4.78. The second-order valence-corrected chi connectivity index (χ2v) is 8.01. The zero-order valence-corrected chi connectivity index (χ0v) is 16.9. The van der Waals surface area contributed by atoms with Crippen molar-refractivity contribution in [1.82, 2.24) is 15.0 Å². The lowest BCUT2D eigenvalue weighted by atomic mass is 10.1. The number of aromatic nitrogens is 2. The van der Waals surface area contributed by atoms with Gasteiger partial charge in [-0.1, -0.05) is 42.1 Å². The number of rotatable bonds is 5. The first-order valence-electron chi connectivity index (χ1n) is 8.66. The summed E-state index contributed by atoms with van der Waals surface area (Å²) in [7, 11) is 0. The second-order valence-electron chi connectivity index (χ2n) is 6.21. The average Bonchev–Trinajstić information content (AvgIpc) is 3.16. The van der Waals surface area contributed by atoms with Crippen molar-refractivity contribution < 1.29 is 13.6 Å². The average molecular weight is 444 g/mol. The number of hydrogen-bond donors (Lipinski definition) is 2. The zero-order valence-electron chi connectivity index (χ0n) is 15.3. The van der Waals surface area contributed by atoms with Gasteiger partial charge in [0.1, 0.15) is 16.5 Å². The Morgan fingerprint density at radius 3 is 2.53 bits per heavy atom. The molecule has 1 amide bonds. The van der Waals surface area contributed by atoms with E-state index in [1.54, 1.807) is 0 Å². The molecule has 2 aromatic heterocycles. The molecule has 0 unspecified atom stereocenters. The van der Waals surface area contributed by atoms with Gasteiger partial charge >= 0.3 is 0 Å². The monoisotopic (exact) mass is 444 g/mol. The van der Waals surface area contributed by atoms with Crippen LogP contribution in [0, 0.1) is 11.6 Å². The van der Waals surface area contributed by atoms with Crippen LogP contribution in [0.25, 0.3) is 27.0 Å². The van der Waals surface area contributed by atoms with Crippen LogP contribution < -0.4 is 16.8 Å². The maximum Gasteiger partial charge on any atom is 0.268 e. The minimum atomic E-state index is -0.832. The maximum atomic E-state index is 13.9. The van der Waals surface area contributed by atoms with E-state index in [2.05, 4.69) is 4.98 Å². The summed E-state index contributed by atoms with van der Waals surface area (Å²) in [5, 5.41) is 2.28. The molecule has 6 nitrogen and oxygen atoms in total. The number of hydrazine groups is 1. The smallest absolute Gasteiger partial charge is 0.268 e. The SMILES string of the molecule is NNC(=O)CSc1nc2scc(-c3ccccc3)c2c(=O)n1-c1cc(F)cc(F)c1. The number of thiophene rings is 1. The van der Waals surface area contributed by atoms with Gasteiger partial charge in [0.25, 0.3) is 5.56 Å². The molecular formula is C20H14F2N4O2S2. The van der Waals surface area contributed by atoms with Gasteiger partial charge in [-0.15, -0.1) is 11.3 Å². The number of carbonyl (C=O) groups is 1. The topological polar surface area (TPSA) is 90.0 Å². The molecule has 0 saturated carbocycles. The Kier molecular flexibility index (Phi) is 5.62. The van der Waals surface area contributed by atoms with Crippen molar-refractivity contribution in [3.8, 4) is 16.8 Å². The minimum Gasteiger partial charge on any atom is -0.294 e.